The fourth-order valence-corrected chi connectivity index (χ4v) is 5.43. The van der Waals surface area contributed by atoms with Crippen molar-refractivity contribution in [1.82, 2.24) is 9.88 Å². The number of carbonyl (C=O) groups is 2. The molecule has 2 aliphatic rings. The van der Waals surface area contributed by atoms with Crippen LogP contribution in [0, 0.1) is 5.92 Å². The van der Waals surface area contributed by atoms with Gasteiger partial charge in [-0.15, -0.1) is 0 Å². The molecule has 0 unspecified atom stereocenters. The van der Waals surface area contributed by atoms with Crippen LogP contribution in [0.2, 0.25) is 0 Å². The molecule has 1 N–H and O–H groups in total. The molecule has 148 valence electrons. The molecule has 2 amide bonds. The van der Waals surface area contributed by atoms with Gasteiger partial charge in [-0.3, -0.25) is 9.59 Å². The van der Waals surface area contributed by atoms with Crippen molar-refractivity contribution in [3.05, 3.63) is 29.5 Å². The summed E-state index contributed by atoms with van der Waals surface area (Å²) < 4.78 is 24.9. The van der Waals surface area contributed by atoms with Crippen LogP contribution in [0.3, 0.4) is 0 Å². The van der Waals surface area contributed by atoms with Crippen molar-refractivity contribution >= 4 is 38.1 Å². The number of benzene rings is 1. The number of carbonyl (C=O) groups excluding carboxylic acids is 2. The molecule has 0 radical (unpaired) electrons. The van der Waals surface area contributed by atoms with Crippen molar-refractivity contribution < 1.29 is 18.0 Å². The molecule has 4 rings (SSSR count). The van der Waals surface area contributed by atoms with Crippen molar-refractivity contribution in [3.8, 4) is 10.4 Å². The third kappa shape index (κ3) is 3.44. The monoisotopic (exact) mass is 419 g/mol. The third-order valence-electron chi connectivity index (χ3n) is 5.27. The quantitative estimate of drug-likeness (QED) is 0.804. The molecule has 1 aliphatic heterocycles. The molecular formula is C19H21N3O4S2. The van der Waals surface area contributed by atoms with Crippen molar-refractivity contribution in [2.24, 2.45) is 5.92 Å². The normalized spacial score (nSPS) is 17.5. The number of hydrogen-bond donors (Lipinski definition) is 1. The Labute approximate surface area is 167 Å². The predicted molar refractivity (Wildman–Crippen MR) is 107 cm³/mol. The summed E-state index contributed by atoms with van der Waals surface area (Å²) in [7, 11) is -3.59. The highest BCUT2D eigenvalue weighted by molar-refractivity contribution is 7.90. The van der Waals surface area contributed by atoms with E-state index >= 15 is 0 Å². The molecule has 1 fully saturated rings. The summed E-state index contributed by atoms with van der Waals surface area (Å²) >= 11 is 1.27. The number of fused-ring (bicyclic) bond motifs is 1. The molecule has 1 atom stereocenters. The number of rotatable bonds is 5. The Balaban J connectivity index is 1.78. The zero-order valence-corrected chi connectivity index (χ0v) is 17.5. The number of aromatic nitrogens is 1. The first-order chi connectivity index (χ1) is 13.1. The number of anilines is 1. The number of sulfone groups is 1. The summed E-state index contributed by atoms with van der Waals surface area (Å²) in [5, 5.41) is 3.08. The molecule has 1 aromatic carbocycles. The second-order valence-corrected chi connectivity index (χ2v) is 10.5. The number of amides is 2. The average Bonchev–Trinajstić information content (AvgIpc) is 3.27. The summed E-state index contributed by atoms with van der Waals surface area (Å²) in [5.74, 6) is 0.0766. The van der Waals surface area contributed by atoms with Crippen LogP contribution in [0.25, 0.3) is 10.4 Å². The maximum absolute atomic E-state index is 13.0. The highest BCUT2D eigenvalue weighted by Crippen LogP contribution is 2.41. The highest BCUT2D eigenvalue weighted by atomic mass is 32.2. The molecule has 2 heterocycles. The maximum atomic E-state index is 13.0. The lowest BCUT2D eigenvalue weighted by atomic mass is 10.1. The van der Waals surface area contributed by atoms with Crippen LogP contribution in [-0.4, -0.2) is 42.4 Å². The summed E-state index contributed by atoms with van der Waals surface area (Å²) in [4.78, 5) is 31.0. The Bertz CT molecular complexity index is 1090. The number of thiazole rings is 1. The van der Waals surface area contributed by atoms with Crippen LogP contribution in [-0.2, 0) is 21.2 Å². The first kappa shape index (κ1) is 19.1. The minimum Gasteiger partial charge on any atom is -0.331 e. The van der Waals surface area contributed by atoms with Gasteiger partial charge in [0.15, 0.2) is 15.0 Å². The van der Waals surface area contributed by atoms with Gasteiger partial charge in [-0.1, -0.05) is 11.3 Å². The summed E-state index contributed by atoms with van der Waals surface area (Å²) in [6.07, 6.45) is 4.95. The first-order valence-corrected chi connectivity index (χ1v) is 11.8. The smallest absolute Gasteiger partial charge is 0.256 e. The zero-order chi connectivity index (χ0) is 20.2. The van der Waals surface area contributed by atoms with Crippen molar-refractivity contribution in [3.63, 3.8) is 0 Å². The van der Waals surface area contributed by atoms with E-state index in [0.29, 0.717) is 28.7 Å². The highest BCUT2D eigenvalue weighted by Gasteiger charge is 2.40. The molecule has 0 bridgehead atoms. The number of nitrogens with one attached hydrogen (secondary N) is 1. The van der Waals surface area contributed by atoms with Gasteiger partial charge < -0.3 is 10.2 Å². The lowest BCUT2D eigenvalue weighted by Gasteiger charge is -2.24. The minimum atomic E-state index is -3.59. The summed E-state index contributed by atoms with van der Waals surface area (Å²) in [5.41, 5.74) is 1.71. The van der Waals surface area contributed by atoms with E-state index in [0.717, 1.165) is 29.5 Å². The van der Waals surface area contributed by atoms with E-state index in [1.807, 2.05) is 13.0 Å². The van der Waals surface area contributed by atoms with E-state index in [1.165, 1.54) is 18.3 Å². The molecule has 1 saturated carbocycles. The zero-order valence-electron chi connectivity index (χ0n) is 15.9. The van der Waals surface area contributed by atoms with Gasteiger partial charge in [0.2, 0.25) is 5.91 Å². The van der Waals surface area contributed by atoms with Crippen LogP contribution in [0.4, 0.5) is 5.13 Å². The molecule has 0 spiro atoms. The molecule has 1 aromatic heterocycles. The maximum Gasteiger partial charge on any atom is 0.256 e. The molecule has 0 saturated heterocycles. The first-order valence-electron chi connectivity index (χ1n) is 9.07. The van der Waals surface area contributed by atoms with E-state index < -0.39 is 9.84 Å². The lowest BCUT2D eigenvalue weighted by molar-refractivity contribution is -0.114. The Morgan fingerprint density at radius 3 is 2.68 bits per heavy atom. The summed E-state index contributed by atoms with van der Waals surface area (Å²) in [6.45, 7) is 3.85. The van der Waals surface area contributed by atoms with Gasteiger partial charge in [-0.25, -0.2) is 13.4 Å². The predicted octanol–water partition coefficient (Wildman–Crippen LogP) is 2.93. The van der Waals surface area contributed by atoms with Crippen molar-refractivity contribution in [2.45, 2.75) is 44.2 Å². The fourth-order valence-electron chi connectivity index (χ4n) is 3.65. The van der Waals surface area contributed by atoms with Crippen LogP contribution in [0.1, 0.15) is 42.6 Å². The minimum absolute atomic E-state index is 0.0602. The Morgan fingerprint density at radius 1 is 1.36 bits per heavy atom. The fraction of sp³-hybridized carbons (Fsp3) is 0.421. The molecule has 7 nitrogen and oxygen atoms in total. The molecule has 28 heavy (non-hydrogen) atoms. The summed E-state index contributed by atoms with van der Waals surface area (Å²) in [6, 6.07) is 3.51. The molecular weight excluding hydrogens is 398 g/mol. The standard InChI is InChI=1S/C19H21N3O4S2/c1-10(12-4-5-12)22-9-14-6-13(15-8-20-19(27-15)21-11(2)23)7-16(28(3,25)26)17(14)18(22)24/h6-8,10,12H,4-5,9H2,1-3H3,(H,20,21,23)/t10-/m0/s1. The SMILES string of the molecule is CC(=O)Nc1ncc(-c2cc3c(c(S(C)(=O)=O)c2)C(=O)N([C@@H](C)C2CC2)C3)s1. The number of nitrogens with zero attached hydrogens (tertiary/aromatic N) is 2. The van der Waals surface area contributed by atoms with E-state index in [9.17, 15) is 18.0 Å². The Hall–Kier alpha value is -2.26. The van der Waals surface area contributed by atoms with Gasteiger partial charge in [-0.05, 0) is 48.9 Å². The number of hydrogen-bond acceptors (Lipinski definition) is 6. The van der Waals surface area contributed by atoms with Gasteiger partial charge in [0, 0.05) is 32.0 Å². The molecule has 1 aliphatic carbocycles. The van der Waals surface area contributed by atoms with E-state index in [-0.39, 0.29) is 22.8 Å². The van der Waals surface area contributed by atoms with E-state index in [2.05, 4.69) is 10.3 Å². The van der Waals surface area contributed by atoms with Gasteiger partial charge >= 0.3 is 0 Å². The van der Waals surface area contributed by atoms with E-state index in [1.54, 1.807) is 17.2 Å². The van der Waals surface area contributed by atoms with Gasteiger partial charge in [-0.2, -0.15) is 0 Å². The van der Waals surface area contributed by atoms with Crippen LogP contribution in [0.15, 0.2) is 23.2 Å². The van der Waals surface area contributed by atoms with Gasteiger partial charge in [0.05, 0.1) is 15.3 Å². The van der Waals surface area contributed by atoms with Crippen LogP contribution in [0.5, 0.6) is 0 Å². The van der Waals surface area contributed by atoms with Crippen LogP contribution < -0.4 is 5.32 Å². The van der Waals surface area contributed by atoms with Crippen molar-refractivity contribution in [1.29, 1.82) is 0 Å². The second kappa shape index (κ2) is 6.66. The Kier molecular flexibility index (Phi) is 4.54. The van der Waals surface area contributed by atoms with Gasteiger partial charge in [0.1, 0.15) is 0 Å². The molecule has 2 aromatic rings. The topological polar surface area (TPSA) is 96.4 Å². The third-order valence-corrected chi connectivity index (χ3v) is 7.35. The second-order valence-electron chi connectivity index (χ2n) is 7.50. The largest absolute Gasteiger partial charge is 0.331 e. The lowest BCUT2D eigenvalue weighted by Crippen LogP contribution is -2.35. The average molecular weight is 420 g/mol. The van der Waals surface area contributed by atoms with Gasteiger partial charge in [0.25, 0.3) is 5.91 Å². The molecule has 9 heteroatoms. The van der Waals surface area contributed by atoms with E-state index in [4.69, 9.17) is 0 Å². The van der Waals surface area contributed by atoms with Crippen LogP contribution >= 0.6 is 11.3 Å². The van der Waals surface area contributed by atoms with Crippen molar-refractivity contribution in [2.75, 3.05) is 11.6 Å². The Morgan fingerprint density at radius 2 is 2.07 bits per heavy atom.